The summed E-state index contributed by atoms with van der Waals surface area (Å²) in [5.74, 6) is -0.206. The molecule has 30 heavy (non-hydrogen) atoms. The van der Waals surface area contributed by atoms with Gasteiger partial charge in [0, 0.05) is 24.8 Å². The lowest BCUT2D eigenvalue weighted by molar-refractivity contribution is -0.117. The molecule has 2 amide bonds. The highest BCUT2D eigenvalue weighted by Crippen LogP contribution is 2.20. The van der Waals surface area contributed by atoms with Crippen LogP contribution in [0.4, 0.5) is 0 Å². The van der Waals surface area contributed by atoms with Gasteiger partial charge in [-0.2, -0.15) is 0 Å². The minimum atomic E-state index is -0.356. The van der Waals surface area contributed by atoms with Crippen LogP contribution in [0, 0.1) is 6.92 Å². The Morgan fingerprint density at radius 2 is 2.00 bits per heavy atom. The smallest absolute Gasteiger partial charge is 0.267 e. The number of ether oxygens (including phenoxy) is 1. The molecule has 3 rings (SSSR count). The molecule has 6 heteroatoms. The van der Waals surface area contributed by atoms with Gasteiger partial charge in [0.25, 0.3) is 11.8 Å². The van der Waals surface area contributed by atoms with Gasteiger partial charge in [0.15, 0.2) is 0 Å². The molecule has 1 aromatic heterocycles. The van der Waals surface area contributed by atoms with E-state index in [1.807, 2.05) is 19.1 Å². The van der Waals surface area contributed by atoms with Crippen molar-refractivity contribution in [3.63, 3.8) is 0 Å². The second kappa shape index (κ2) is 11.4. The summed E-state index contributed by atoms with van der Waals surface area (Å²) in [6.45, 7) is 3.01. The van der Waals surface area contributed by atoms with E-state index in [0.29, 0.717) is 30.6 Å². The number of carbonyl (C=O) groups excluding carboxylic acids is 2. The Labute approximate surface area is 177 Å². The molecule has 0 bridgehead atoms. The fourth-order valence-corrected chi connectivity index (χ4v) is 3.51. The third kappa shape index (κ3) is 6.88. The standard InChI is InChI=1S/C24H30N2O4/c1-18-8-5-9-19(16-18)23(27)26-22(17-21-12-6-14-30-21)24(28)25-13-7-15-29-20-10-3-2-4-11-20/h5-6,8-9,12,14,16-17,20H,2-4,7,10-11,13,15H2,1H3,(H,25,28)(H,26,27)/b22-17-. The Morgan fingerprint density at radius 1 is 1.17 bits per heavy atom. The number of rotatable bonds is 9. The van der Waals surface area contributed by atoms with Gasteiger partial charge < -0.3 is 19.8 Å². The van der Waals surface area contributed by atoms with E-state index in [0.717, 1.165) is 24.8 Å². The predicted octanol–water partition coefficient (Wildman–Crippen LogP) is 4.21. The Bertz CT molecular complexity index is 852. The molecule has 2 N–H and O–H groups in total. The van der Waals surface area contributed by atoms with Crippen LogP contribution in [0.15, 0.2) is 52.8 Å². The van der Waals surface area contributed by atoms with Crippen LogP contribution in [-0.2, 0) is 9.53 Å². The molecule has 0 radical (unpaired) electrons. The lowest BCUT2D eigenvalue weighted by Crippen LogP contribution is -2.35. The van der Waals surface area contributed by atoms with Gasteiger partial charge in [-0.15, -0.1) is 0 Å². The summed E-state index contributed by atoms with van der Waals surface area (Å²) in [4.78, 5) is 25.3. The summed E-state index contributed by atoms with van der Waals surface area (Å²) in [5.41, 5.74) is 1.61. The fraction of sp³-hybridized carbons (Fsp3) is 0.417. The number of hydrogen-bond acceptors (Lipinski definition) is 4. The molecular weight excluding hydrogens is 380 g/mol. The van der Waals surface area contributed by atoms with E-state index in [4.69, 9.17) is 9.15 Å². The van der Waals surface area contributed by atoms with Gasteiger partial charge in [-0.05, 0) is 50.5 Å². The first-order valence-corrected chi connectivity index (χ1v) is 10.6. The van der Waals surface area contributed by atoms with Crippen molar-refractivity contribution in [2.24, 2.45) is 0 Å². The monoisotopic (exact) mass is 410 g/mol. The van der Waals surface area contributed by atoms with Crippen LogP contribution in [0.25, 0.3) is 6.08 Å². The van der Waals surface area contributed by atoms with Crippen LogP contribution in [-0.4, -0.2) is 31.1 Å². The van der Waals surface area contributed by atoms with E-state index >= 15 is 0 Å². The van der Waals surface area contributed by atoms with E-state index in [-0.39, 0.29) is 17.5 Å². The molecule has 6 nitrogen and oxygen atoms in total. The third-order valence-corrected chi connectivity index (χ3v) is 5.12. The first-order valence-electron chi connectivity index (χ1n) is 10.6. The molecule has 1 fully saturated rings. The number of benzene rings is 1. The molecule has 0 unspecified atom stereocenters. The normalized spacial score (nSPS) is 15.0. The molecular formula is C24H30N2O4. The summed E-state index contributed by atoms with van der Waals surface area (Å²) in [6.07, 6.45) is 10.2. The summed E-state index contributed by atoms with van der Waals surface area (Å²) in [7, 11) is 0. The Hall–Kier alpha value is -2.86. The highest BCUT2D eigenvalue weighted by molar-refractivity contribution is 6.05. The summed E-state index contributed by atoms with van der Waals surface area (Å²) < 4.78 is 11.2. The molecule has 1 aliphatic rings. The van der Waals surface area contributed by atoms with Crippen molar-refractivity contribution < 1.29 is 18.7 Å². The average Bonchev–Trinajstić information content (AvgIpc) is 3.27. The highest BCUT2D eigenvalue weighted by atomic mass is 16.5. The van der Waals surface area contributed by atoms with E-state index < -0.39 is 0 Å². The maximum absolute atomic E-state index is 12.7. The predicted molar refractivity (Wildman–Crippen MR) is 116 cm³/mol. The van der Waals surface area contributed by atoms with E-state index in [2.05, 4.69) is 10.6 Å². The molecule has 0 aliphatic heterocycles. The molecule has 2 aromatic rings. The van der Waals surface area contributed by atoms with Crippen molar-refractivity contribution >= 4 is 17.9 Å². The van der Waals surface area contributed by atoms with E-state index in [1.54, 1.807) is 24.3 Å². The van der Waals surface area contributed by atoms with Crippen LogP contribution in [0.2, 0.25) is 0 Å². The van der Waals surface area contributed by atoms with Crippen molar-refractivity contribution in [2.75, 3.05) is 13.2 Å². The molecule has 1 saturated carbocycles. The van der Waals surface area contributed by atoms with Crippen molar-refractivity contribution in [3.8, 4) is 0 Å². The number of furan rings is 1. The summed E-state index contributed by atoms with van der Waals surface area (Å²) in [6, 6.07) is 10.7. The van der Waals surface area contributed by atoms with Crippen molar-refractivity contribution in [2.45, 2.75) is 51.6 Å². The summed E-state index contributed by atoms with van der Waals surface area (Å²) in [5, 5.41) is 5.57. The van der Waals surface area contributed by atoms with Gasteiger partial charge in [0.05, 0.1) is 12.4 Å². The Morgan fingerprint density at radius 3 is 2.73 bits per heavy atom. The number of amides is 2. The molecule has 0 spiro atoms. The molecule has 0 atom stereocenters. The largest absolute Gasteiger partial charge is 0.465 e. The lowest BCUT2D eigenvalue weighted by atomic mass is 9.98. The maximum atomic E-state index is 12.7. The van der Waals surface area contributed by atoms with Gasteiger partial charge in [-0.3, -0.25) is 9.59 Å². The minimum Gasteiger partial charge on any atom is -0.465 e. The van der Waals surface area contributed by atoms with Crippen molar-refractivity contribution in [3.05, 3.63) is 65.2 Å². The van der Waals surface area contributed by atoms with Gasteiger partial charge in [-0.25, -0.2) is 0 Å². The minimum absolute atomic E-state index is 0.143. The second-order valence-corrected chi connectivity index (χ2v) is 7.64. The molecule has 0 saturated heterocycles. The average molecular weight is 411 g/mol. The van der Waals surface area contributed by atoms with Gasteiger partial charge >= 0.3 is 0 Å². The second-order valence-electron chi connectivity index (χ2n) is 7.64. The maximum Gasteiger partial charge on any atom is 0.267 e. The van der Waals surface area contributed by atoms with Crippen LogP contribution in [0.5, 0.6) is 0 Å². The first kappa shape index (κ1) is 21.8. The quantitative estimate of drug-likeness (QED) is 0.479. The van der Waals surface area contributed by atoms with Crippen LogP contribution >= 0.6 is 0 Å². The Balaban J connectivity index is 1.54. The molecule has 160 valence electrons. The topological polar surface area (TPSA) is 80.6 Å². The van der Waals surface area contributed by atoms with Gasteiger partial charge in [0.2, 0.25) is 0 Å². The summed E-state index contributed by atoms with van der Waals surface area (Å²) >= 11 is 0. The first-order chi connectivity index (χ1) is 14.6. The zero-order valence-electron chi connectivity index (χ0n) is 17.5. The van der Waals surface area contributed by atoms with E-state index in [9.17, 15) is 9.59 Å². The molecule has 1 aromatic carbocycles. The zero-order chi connectivity index (χ0) is 21.2. The Kier molecular flexibility index (Phi) is 8.27. The third-order valence-electron chi connectivity index (χ3n) is 5.12. The van der Waals surface area contributed by atoms with Gasteiger partial charge in [0.1, 0.15) is 11.5 Å². The van der Waals surface area contributed by atoms with Gasteiger partial charge in [-0.1, -0.05) is 37.0 Å². The van der Waals surface area contributed by atoms with Crippen LogP contribution < -0.4 is 10.6 Å². The lowest BCUT2D eigenvalue weighted by Gasteiger charge is -2.22. The van der Waals surface area contributed by atoms with E-state index in [1.165, 1.54) is 31.6 Å². The number of nitrogens with one attached hydrogen (secondary N) is 2. The molecule has 1 heterocycles. The fourth-order valence-electron chi connectivity index (χ4n) is 3.51. The zero-order valence-corrected chi connectivity index (χ0v) is 17.5. The van der Waals surface area contributed by atoms with Crippen molar-refractivity contribution in [1.29, 1.82) is 0 Å². The van der Waals surface area contributed by atoms with Crippen molar-refractivity contribution in [1.82, 2.24) is 10.6 Å². The number of aryl methyl sites for hydroxylation is 1. The highest BCUT2D eigenvalue weighted by Gasteiger charge is 2.16. The molecule has 1 aliphatic carbocycles. The van der Waals surface area contributed by atoms with Crippen LogP contribution in [0.1, 0.15) is 60.2 Å². The SMILES string of the molecule is Cc1cccc(C(=O)N/C(=C\c2ccco2)C(=O)NCCCOC2CCCCC2)c1. The number of carbonyl (C=O) groups is 2. The number of hydrogen-bond donors (Lipinski definition) is 2. The van der Waals surface area contributed by atoms with Crippen LogP contribution in [0.3, 0.4) is 0 Å².